The summed E-state index contributed by atoms with van der Waals surface area (Å²) >= 11 is 0.976. The minimum absolute atomic E-state index is 0.00490. The SMILES string of the molecule is Fc1ccc([SH+]C(Cc2ccc3c(c2)-c2ccccc2C3(c2ccc(F)cc2)c2ccc(F)cc2)c2ccc(F)cc2)cc1. The van der Waals surface area contributed by atoms with Crippen molar-refractivity contribution < 1.29 is 17.6 Å². The van der Waals surface area contributed by atoms with E-state index in [2.05, 4.69) is 30.3 Å². The van der Waals surface area contributed by atoms with Gasteiger partial charge >= 0.3 is 0 Å². The second-order valence-corrected chi connectivity index (χ2v) is 12.5. The highest BCUT2D eigenvalue weighted by Gasteiger charge is 2.46. The van der Waals surface area contributed by atoms with Gasteiger partial charge in [-0.3, -0.25) is 0 Å². The van der Waals surface area contributed by atoms with E-state index in [4.69, 9.17) is 0 Å². The van der Waals surface area contributed by atoms with Gasteiger partial charge in [-0.15, -0.1) is 0 Å². The number of hydrogen-bond donors (Lipinski definition) is 0. The van der Waals surface area contributed by atoms with Crippen LogP contribution < -0.4 is 0 Å². The first-order valence-electron chi connectivity index (χ1n) is 14.4. The predicted molar refractivity (Wildman–Crippen MR) is 170 cm³/mol. The molecule has 216 valence electrons. The monoisotopic (exact) mass is 603 g/mol. The van der Waals surface area contributed by atoms with Crippen LogP contribution >= 0.6 is 0 Å². The number of benzene rings is 6. The average molecular weight is 604 g/mol. The third kappa shape index (κ3) is 5.01. The molecule has 5 heteroatoms. The molecule has 0 saturated carbocycles. The van der Waals surface area contributed by atoms with Crippen molar-refractivity contribution in [2.45, 2.75) is 22.0 Å². The van der Waals surface area contributed by atoms with Crippen LogP contribution in [0.25, 0.3) is 11.1 Å². The number of fused-ring (bicyclic) bond motifs is 3. The van der Waals surface area contributed by atoms with E-state index >= 15 is 0 Å². The van der Waals surface area contributed by atoms with Crippen molar-refractivity contribution in [2.75, 3.05) is 0 Å². The summed E-state index contributed by atoms with van der Waals surface area (Å²) in [6.45, 7) is 0. The van der Waals surface area contributed by atoms with Gasteiger partial charge in [-0.2, -0.15) is 0 Å². The zero-order valence-corrected chi connectivity index (χ0v) is 24.4. The summed E-state index contributed by atoms with van der Waals surface area (Å²) in [5.74, 6) is -1.22. The van der Waals surface area contributed by atoms with Crippen LogP contribution in [0.3, 0.4) is 0 Å². The van der Waals surface area contributed by atoms with E-state index in [1.807, 2.05) is 48.5 Å². The standard InChI is InChI=1S/C39H26F4S/c40-29-12-6-26(7-13-29)38(44-33-20-18-32(43)19-21-33)24-25-5-22-37-35(23-25)34-3-1-2-4-36(34)39(37,27-8-14-30(41)15-9-27)28-10-16-31(42)17-11-28/h1-23,38H,24H2/p+1. The van der Waals surface area contributed by atoms with Gasteiger partial charge in [-0.05, 0) is 99.6 Å². The van der Waals surface area contributed by atoms with Gasteiger partial charge in [0.15, 0.2) is 4.90 Å². The van der Waals surface area contributed by atoms with E-state index < -0.39 is 5.41 Å². The lowest BCUT2D eigenvalue weighted by molar-refractivity contribution is 0.622. The maximum Gasteiger partial charge on any atom is 0.153 e. The molecule has 6 aromatic carbocycles. The van der Waals surface area contributed by atoms with Crippen molar-refractivity contribution in [1.82, 2.24) is 0 Å². The maximum atomic E-state index is 14.2. The Morgan fingerprint density at radius 2 is 1.00 bits per heavy atom. The number of thiol groups is 1. The lowest BCUT2D eigenvalue weighted by Crippen LogP contribution is -2.28. The Balaban J connectivity index is 1.37. The zero-order chi connectivity index (χ0) is 30.3. The van der Waals surface area contributed by atoms with Crippen LogP contribution in [0.2, 0.25) is 0 Å². The Labute approximate surface area is 258 Å². The van der Waals surface area contributed by atoms with Crippen LogP contribution in [-0.2, 0) is 23.6 Å². The van der Waals surface area contributed by atoms with Crippen LogP contribution in [-0.4, -0.2) is 0 Å². The Morgan fingerprint density at radius 1 is 0.500 bits per heavy atom. The molecule has 0 nitrogen and oxygen atoms in total. The molecule has 1 atom stereocenters. The molecule has 0 radical (unpaired) electrons. The fourth-order valence-corrected chi connectivity index (χ4v) is 7.80. The van der Waals surface area contributed by atoms with E-state index in [-0.39, 0.29) is 28.5 Å². The molecule has 0 bridgehead atoms. The second-order valence-electron chi connectivity index (χ2n) is 11.1. The molecule has 0 aromatic heterocycles. The topological polar surface area (TPSA) is 0 Å². The van der Waals surface area contributed by atoms with Gasteiger partial charge in [-0.1, -0.05) is 78.9 Å². The minimum Gasteiger partial charge on any atom is -0.207 e. The molecule has 0 amide bonds. The Bertz CT molecular complexity index is 1880. The van der Waals surface area contributed by atoms with Crippen molar-refractivity contribution in [1.29, 1.82) is 0 Å². The molecular weight excluding hydrogens is 576 g/mol. The molecule has 0 aliphatic heterocycles. The van der Waals surface area contributed by atoms with Gasteiger partial charge in [0.1, 0.15) is 28.5 Å². The molecule has 7 rings (SSSR count). The first-order chi connectivity index (χ1) is 21.4. The molecule has 1 aliphatic rings. The molecule has 0 heterocycles. The molecule has 1 aliphatic carbocycles. The molecule has 0 N–H and O–H groups in total. The van der Waals surface area contributed by atoms with E-state index in [1.165, 1.54) is 48.5 Å². The van der Waals surface area contributed by atoms with Crippen LogP contribution in [0, 0.1) is 23.3 Å². The van der Waals surface area contributed by atoms with Crippen LogP contribution in [0.15, 0.2) is 144 Å². The quantitative estimate of drug-likeness (QED) is 0.0967. The summed E-state index contributed by atoms with van der Waals surface area (Å²) in [6.07, 6.45) is 0.667. The number of hydrogen-bond acceptors (Lipinski definition) is 0. The van der Waals surface area contributed by atoms with Crippen molar-refractivity contribution in [3.05, 3.63) is 196 Å². The highest BCUT2D eigenvalue weighted by atomic mass is 32.2. The number of halogens is 4. The van der Waals surface area contributed by atoms with Gasteiger partial charge in [-0.25, -0.2) is 17.6 Å². The van der Waals surface area contributed by atoms with Gasteiger partial charge in [0.05, 0.1) is 5.41 Å². The van der Waals surface area contributed by atoms with Crippen molar-refractivity contribution in [3.8, 4) is 11.1 Å². The van der Waals surface area contributed by atoms with Gasteiger partial charge < -0.3 is 0 Å². The van der Waals surface area contributed by atoms with E-state index in [9.17, 15) is 17.6 Å². The fourth-order valence-electron chi connectivity index (χ4n) is 6.50. The first-order valence-corrected chi connectivity index (χ1v) is 15.4. The molecule has 0 fully saturated rings. The normalized spacial score (nSPS) is 13.7. The molecule has 44 heavy (non-hydrogen) atoms. The highest BCUT2D eigenvalue weighted by Crippen LogP contribution is 2.56. The fraction of sp³-hybridized carbons (Fsp3) is 0.0769. The van der Waals surface area contributed by atoms with E-state index in [0.29, 0.717) is 6.42 Å². The summed E-state index contributed by atoms with van der Waals surface area (Å²) in [5, 5.41) is -0.00490. The summed E-state index contributed by atoms with van der Waals surface area (Å²) in [4.78, 5) is 0.971. The molecule has 6 aromatic rings. The van der Waals surface area contributed by atoms with Crippen molar-refractivity contribution in [3.63, 3.8) is 0 Å². The third-order valence-corrected chi connectivity index (χ3v) is 9.87. The lowest BCUT2D eigenvalue weighted by Gasteiger charge is -2.34. The highest BCUT2D eigenvalue weighted by molar-refractivity contribution is 7.78. The first kappa shape index (κ1) is 28.2. The van der Waals surface area contributed by atoms with Gasteiger partial charge in [0, 0.05) is 23.7 Å². The largest absolute Gasteiger partial charge is 0.207 e. The molecule has 0 spiro atoms. The zero-order valence-electron chi connectivity index (χ0n) is 23.5. The average Bonchev–Trinajstić information content (AvgIpc) is 3.33. The van der Waals surface area contributed by atoms with Crippen LogP contribution in [0.5, 0.6) is 0 Å². The lowest BCUT2D eigenvalue weighted by atomic mass is 9.67. The Morgan fingerprint density at radius 3 is 1.59 bits per heavy atom. The third-order valence-electron chi connectivity index (χ3n) is 8.48. The van der Waals surface area contributed by atoms with Gasteiger partial charge in [0.25, 0.3) is 0 Å². The summed E-state index contributed by atoms with van der Waals surface area (Å²) in [6, 6.07) is 40.8. The second kappa shape index (κ2) is 11.5. The molecule has 0 saturated heterocycles. The predicted octanol–water partition coefficient (Wildman–Crippen LogP) is 9.76. The Kier molecular flexibility index (Phi) is 7.35. The van der Waals surface area contributed by atoms with E-state index in [1.54, 1.807) is 12.1 Å². The van der Waals surface area contributed by atoms with Crippen molar-refractivity contribution >= 4 is 11.8 Å². The van der Waals surface area contributed by atoms with Crippen molar-refractivity contribution in [2.24, 2.45) is 0 Å². The Hall–Kier alpha value is -4.61. The maximum absolute atomic E-state index is 14.2. The van der Waals surface area contributed by atoms with E-state index in [0.717, 1.165) is 61.2 Å². The van der Waals surface area contributed by atoms with Crippen LogP contribution in [0.1, 0.15) is 38.6 Å². The summed E-state index contributed by atoms with van der Waals surface area (Å²) < 4.78 is 55.8. The smallest absolute Gasteiger partial charge is 0.153 e. The molecule has 1 unspecified atom stereocenters. The molecular formula is C39H27F4S+. The van der Waals surface area contributed by atoms with Gasteiger partial charge in [0.2, 0.25) is 0 Å². The number of rotatable bonds is 7. The minimum atomic E-state index is -0.769. The van der Waals surface area contributed by atoms with Crippen LogP contribution in [0.4, 0.5) is 17.6 Å². The summed E-state index contributed by atoms with van der Waals surface area (Å²) in [5.41, 5.74) is 7.30. The summed E-state index contributed by atoms with van der Waals surface area (Å²) in [7, 11) is 0.